The van der Waals surface area contributed by atoms with Crippen LogP contribution < -0.4 is 10.2 Å². The monoisotopic (exact) mass is 326 g/mol. The van der Waals surface area contributed by atoms with Crippen molar-refractivity contribution in [2.75, 3.05) is 0 Å². The van der Waals surface area contributed by atoms with Gasteiger partial charge in [0.2, 0.25) is 0 Å². The van der Waals surface area contributed by atoms with Crippen LogP contribution in [0.15, 0.2) is 54.6 Å². The SMILES string of the molecule is O=C([O-])OC(=O)[O-].[C](#Cc1ccccc1)[Fe+2][CH]1C=CC=C1. The van der Waals surface area contributed by atoms with Crippen LogP contribution in [0.25, 0.3) is 0 Å². The number of hydrogen-bond acceptors (Lipinski definition) is 5. The molecule has 0 aliphatic heterocycles. The molecule has 0 unspecified atom stereocenters. The molecule has 0 saturated carbocycles. The van der Waals surface area contributed by atoms with Gasteiger partial charge in [-0.3, -0.25) is 0 Å². The molecule has 0 saturated heterocycles. The van der Waals surface area contributed by atoms with Crippen molar-refractivity contribution in [1.29, 1.82) is 0 Å². The van der Waals surface area contributed by atoms with Crippen molar-refractivity contribution in [2.24, 2.45) is 0 Å². The van der Waals surface area contributed by atoms with Crippen molar-refractivity contribution in [3.8, 4) is 10.7 Å². The molecular weight excluding hydrogens is 316 g/mol. The van der Waals surface area contributed by atoms with Gasteiger partial charge in [0.1, 0.15) is 0 Å². The van der Waals surface area contributed by atoms with Crippen molar-refractivity contribution < 1.29 is 39.5 Å². The normalized spacial score (nSPS) is 11.8. The predicted octanol–water partition coefficient (Wildman–Crippen LogP) is 0.682. The number of allylic oxidation sites excluding steroid dienone is 4. The minimum absolute atomic E-state index is 0.520. The molecule has 0 spiro atoms. The van der Waals surface area contributed by atoms with Gasteiger partial charge in [0.05, 0.1) is 0 Å². The second-order valence-corrected chi connectivity index (χ2v) is 4.81. The van der Waals surface area contributed by atoms with E-state index in [0.29, 0.717) is 4.82 Å². The van der Waals surface area contributed by atoms with Gasteiger partial charge in [-0.05, 0) is 0 Å². The van der Waals surface area contributed by atoms with Crippen LogP contribution in [-0.4, -0.2) is 12.3 Å². The van der Waals surface area contributed by atoms with E-state index >= 15 is 0 Å². The average molecular weight is 326 g/mol. The number of rotatable bonds is 1. The first-order valence-corrected chi connectivity index (χ1v) is 6.87. The number of ether oxygens (including phenoxy) is 1. The average Bonchev–Trinajstić information content (AvgIpc) is 2.92. The Hall–Kier alpha value is -2.48. The van der Waals surface area contributed by atoms with Crippen molar-refractivity contribution in [3.63, 3.8) is 0 Å². The number of hydrogen-bond donors (Lipinski definition) is 0. The summed E-state index contributed by atoms with van der Waals surface area (Å²) in [7, 11) is 0. The summed E-state index contributed by atoms with van der Waals surface area (Å²) in [6.45, 7) is 0. The van der Waals surface area contributed by atoms with Gasteiger partial charge in [0.25, 0.3) is 12.3 Å². The van der Waals surface area contributed by atoms with Gasteiger partial charge >= 0.3 is 90.7 Å². The molecule has 6 heteroatoms. The van der Waals surface area contributed by atoms with Crippen LogP contribution in [0.5, 0.6) is 0 Å². The fraction of sp³-hybridized carbons (Fsp3) is 0.0667. The van der Waals surface area contributed by atoms with Crippen molar-refractivity contribution >= 4 is 12.3 Å². The third kappa shape index (κ3) is 8.32. The molecule has 0 amide bonds. The Balaban J connectivity index is 0.000000270. The molecule has 0 fully saturated rings. The second kappa shape index (κ2) is 9.43. The molecular formula is C15H10FeO5. The van der Waals surface area contributed by atoms with Crippen LogP contribution in [0, 0.1) is 10.7 Å². The Morgan fingerprint density at radius 3 is 2.10 bits per heavy atom. The molecule has 0 aromatic heterocycles. The standard InChI is InChI=1S/C8H5.C5H5.C2H2O5.Fe/c1-2-8-6-4-3-5-7-8;1-2-4-5-3-1;3-1(4)7-2(5)6;/h3-7H;1-5H;(H,3,4)(H,5,6);/q;;;+2/p-2. The summed E-state index contributed by atoms with van der Waals surface area (Å²) >= 11 is 0.919. The van der Waals surface area contributed by atoms with Crippen LogP contribution >= 0.6 is 0 Å². The molecule has 0 radical (unpaired) electrons. The van der Waals surface area contributed by atoms with Gasteiger partial charge in [-0.1, -0.05) is 0 Å². The molecule has 5 nitrogen and oxygen atoms in total. The van der Waals surface area contributed by atoms with Crippen LogP contribution in [0.2, 0.25) is 4.82 Å². The summed E-state index contributed by atoms with van der Waals surface area (Å²) in [4.78, 5) is 21.8. The topological polar surface area (TPSA) is 89.5 Å². The third-order valence-corrected chi connectivity index (χ3v) is 3.08. The molecule has 21 heavy (non-hydrogen) atoms. The quantitative estimate of drug-likeness (QED) is 0.328. The van der Waals surface area contributed by atoms with Gasteiger partial charge in [-0.2, -0.15) is 0 Å². The molecule has 1 aromatic rings. The van der Waals surface area contributed by atoms with E-state index in [-0.39, 0.29) is 0 Å². The number of benzene rings is 1. The number of carbonyl (C=O) groups excluding carboxylic acids is 2. The zero-order valence-corrected chi connectivity index (χ0v) is 11.8. The first-order valence-electron chi connectivity index (χ1n) is 5.68. The Bertz CT molecular complexity index is 571. The Morgan fingerprint density at radius 2 is 1.62 bits per heavy atom. The Morgan fingerprint density at radius 1 is 1.05 bits per heavy atom. The van der Waals surface area contributed by atoms with E-state index in [0.717, 1.165) is 20.5 Å². The van der Waals surface area contributed by atoms with E-state index in [4.69, 9.17) is 19.8 Å². The molecule has 0 heterocycles. The number of carboxylic acid groups (broad SMARTS) is 2. The van der Waals surface area contributed by atoms with E-state index in [1.165, 1.54) is 0 Å². The fourth-order valence-electron chi connectivity index (χ4n) is 1.19. The third-order valence-electron chi connectivity index (χ3n) is 1.99. The van der Waals surface area contributed by atoms with E-state index in [2.05, 4.69) is 39.8 Å². The van der Waals surface area contributed by atoms with E-state index in [1.807, 2.05) is 30.3 Å². The van der Waals surface area contributed by atoms with Gasteiger partial charge in [-0.25, -0.2) is 0 Å². The summed E-state index contributed by atoms with van der Waals surface area (Å²) in [5.41, 5.74) is 1.10. The van der Waals surface area contributed by atoms with Gasteiger partial charge in [0.15, 0.2) is 0 Å². The molecule has 108 valence electrons. The summed E-state index contributed by atoms with van der Waals surface area (Å²) in [6.07, 6.45) is 4.27. The maximum atomic E-state index is 9.06. The molecule has 0 bridgehead atoms. The van der Waals surface area contributed by atoms with E-state index in [9.17, 15) is 0 Å². The summed E-state index contributed by atoms with van der Waals surface area (Å²) in [5.74, 6) is 3.15. The van der Waals surface area contributed by atoms with Crippen LogP contribution in [-0.2, 0) is 19.7 Å². The zero-order chi connectivity index (χ0) is 15.5. The first kappa shape index (κ1) is 16.6. The van der Waals surface area contributed by atoms with Crippen LogP contribution in [0.1, 0.15) is 5.56 Å². The summed E-state index contributed by atoms with van der Waals surface area (Å²) in [6, 6.07) is 10.1. The Kier molecular flexibility index (Phi) is 7.44. The zero-order valence-electron chi connectivity index (χ0n) is 10.7. The summed E-state index contributed by atoms with van der Waals surface area (Å²) < 4.78 is 2.86. The molecule has 2 rings (SSSR count). The van der Waals surface area contributed by atoms with Crippen molar-refractivity contribution in [1.82, 2.24) is 0 Å². The van der Waals surface area contributed by atoms with E-state index in [1.54, 1.807) is 0 Å². The molecule has 1 aliphatic carbocycles. The minimum atomic E-state index is -2.12. The van der Waals surface area contributed by atoms with Gasteiger partial charge < -0.3 is 24.5 Å². The van der Waals surface area contributed by atoms with Gasteiger partial charge in [-0.15, -0.1) is 0 Å². The first-order chi connectivity index (χ1) is 10.1. The fourth-order valence-corrected chi connectivity index (χ4v) is 2.07. The molecule has 1 aliphatic rings. The molecule has 0 N–H and O–H groups in total. The van der Waals surface area contributed by atoms with Gasteiger partial charge in [0, 0.05) is 0 Å². The van der Waals surface area contributed by atoms with E-state index < -0.39 is 12.3 Å². The van der Waals surface area contributed by atoms with Crippen LogP contribution in [0.3, 0.4) is 0 Å². The molecule has 1 aromatic carbocycles. The Labute approximate surface area is 128 Å². The summed E-state index contributed by atoms with van der Waals surface area (Å²) in [5, 5.41) is 18.1. The van der Waals surface area contributed by atoms with Crippen molar-refractivity contribution in [3.05, 3.63) is 60.2 Å². The second-order valence-electron chi connectivity index (χ2n) is 3.48. The molecule has 0 atom stereocenters. The maximum absolute atomic E-state index is 9.06. The number of carbonyl (C=O) groups is 2. The predicted molar refractivity (Wildman–Crippen MR) is 67.2 cm³/mol. The van der Waals surface area contributed by atoms with Crippen LogP contribution in [0.4, 0.5) is 9.59 Å². The van der Waals surface area contributed by atoms with Crippen molar-refractivity contribution in [2.45, 2.75) is 4.82 Å².